The summed E-state index contributed by atoms with van der Waals surface area (Å²) in [7, 11) is 0. The molecule has 1 unspecified atom stereocenters. The number of hydrogen-bond donors (Lipinski definition) is 1. The second-order valence-corrected chi connectivity index (χ2v) is 8.30. The van der Waals surface area contributed by atoms with Crippen molar-refractivity contribution in [2.75, 3.05) is 0 Å². The Kier molecular flexibility index (Phi) is 6.33. The van der Waals surface area contributed by atoms with Gasteiger partial charge in [-0.2, -0.15) is 5.21 Å². The Morgan fingerprint density at radius 3 is 2.35 bits per heavy atom. The lowest BCUT2D eigenvalue weighted by Gasteiger charge is -2.22. The quantitative estimate of drug-likeness (QED) is 0.291. The number of H-pyrrole nitrogens is 1. The molecular weight excluding hydrogens is 426 g/mol. The highest BCUT2D eigenvalue weighted by molar-refractivity contribution is 5.95. The van der Waals surface area contributed by atoms with Crippen LogP contribution < -0.4 is 4.74 Å². The highest BCUT2D eigenvalue weighted by Crippen LogP contribution is 2.41. The van der Waals surface area contributed by atoms with Crippen molar-refractivity contribution in [2.24, 2.45) is 0 Å². The van der Waals surface area contributed by atoms with Crippen molar-refractivity contribution in [2.45, 2.75) is 45.6 Å². The van der Waals surface area contributed by atoms with Crippen molar-refractivity contribution < 1.29 is 9.26 Å². The molecule has 3 aromatic carbocycles. The number of aryl methyl sites for hydroxylation is 2. The molecule has 7 nitrogen and oxygen atoms in total. The van der Waals surface area contributed by atoms with Gasteiger partial charge in [0.15, 0.2) is 11.7 Å². The zero-order valence-corrected chi connectivity index (χ0v) is 19.4. The van der Waals surface area contributed by atoms with Gasteiger partial charge < -0.3 is 9.26 Å². The van der Waals surface area contributed by atoms with Gasteiger partial charge in [0.2, 0.25) is 5.82 Å². The Labute approximate surface area is 198 Å². The number of aromatic amines is 1. The lowest BCUT2D eigenvalue weighted by Crippen LogP contribution is -2.14. The second-order valence-electron chi connectivity index (χ2n) is 8.30. The molecule has 5 aromatic rings. The van der Waals surface area contributed by atoms with Crippen LogP contribution in [-0.2, 0) is 12.8 Å². The molecule has 0 fully saturated rings. The Hall–Kier alpha value is -4.00. The van der Waals surface area contributed by atoms with Crippen LogP contribution in [0.15, 0.2) is 71.3 Å². The summed E-state index contributed by atoms with van der Waals surface area (Å²) < 4.78 is 12.7. The Morgan fingerprint density at radius 1 is 0.941 bits per heavy atom. The van der Waals surface area contributed by atoms with Crippen molar-refractivity contribution in [3.05, 3.63) is 89.2 Å². The molecule has 1 N–H and O–H groups in total. The summed E-state index contributed by atoms with van der Waals surface area (Å²) >= 11 is 0. The first-order valence-electron chi connectivity index (χ1n) is 11.7. The molecule has 0 saturated heterocycles. The first-order chi connectivity index (χ1) is 16.8. The van der Waals surface area contributed by atoms with Crippen LogP contribution in [-0.4, -0.2) is 25.8 Å². The van der Waals surface area contributed by atoms with Gasteiger partial charge in [0.1, 0.15) is 11.4 Å². The van der Waals surface area contributed by atoms with Gasteiger partial charge in [0.25, 0.3) is 0 Å². The van der Waals surface area contributed by atoms with Crippen LogP contribution in [0, 0.1) is 0 Å². The fourth-order valence-electron chi connectivity index (χ4n) is 4.36. The van der Waals surface area contributed by atoms with E-state index in [1.165, 1.54) is 0 Å². The summed E-state index contributed by atoms with van der Waals surface area (Å²) in [5, 5.41) is 20.3. The van der Waals surface area contributed by atoms with E-state index in [9.17, 15) is 0 Å². The normalized spacial score (nSPS) is 12.2. The number of hydrogen-bond acceptors (Lipinski definition) is 6. The van der Waals surface area contributed by atoms with Gasteiger partial charge >= 0.3 is 0 Å². The largest absolute Gasteiger partial charge is 0.477 e. The topological polar surface area (TPSA) is 89.7 Å². The van der Waals surface area contributed by atoms with E-state index >= 15 is 0 Å². The summed E-state index contributed by atoms with van der Waals surface area (Å²) in [5.74, 6) is 1.31. The summed E-state index contributed by atoms with van der Waals surface area (Å²) in [6, 6.07) is 22.3. The van der Waals surface area contributed by atoms with Crippen LogP contribution in [0.4, 0.5) is 0 Å². The Morgan fingerprint density at radius 2 is 1.68 bits per heavy atom. The van der Waals surface area contributed by atoms with E-state index in [0.29, 0.717) is 5.82 Å². The summed E-state index contributed by atoms with van der Waals surface area (Å²) in [6.07, 6.45) is 3.11. The molecule has 0 saturated carbocycles. The first kappa shape index (κ1) is 21.8. The van der Waals surface area contributed by atoms with Gasteiger partial charge in [-0.1, -0.05) is 97.7 Å². The van der Waals surface area contributed by atoms with E-state index in [4.69, 9.17) is 9.26 Å². The number of benzene rings is 3. The van der Waals surface area contributed by atoms with Crippen LogP contribution in [0.3, 0.4) is 0 Å². The number of nitrogens with one attached hydrogen (secondary N) is 1. The zero-order chi connectivity index (χ0) is 23.3. The Bertz CT molecular complexity index is 1350. The van der Waals surface area contributed by atoms with Crippen LogP contribution in [0.5, 0.6) is 5.75 Å². The number of fused-ring (bicyclic) bond motifs is 1. The molecule has 0 aliphatic carbocycles. The van der Waals surface area contributed by atoms with E-state index in [1.54, 1.807) is 0 Å². The molecule has 0 aliphatic rings. The minimum atomic E-state index is -0.500. The van der Waals surface area contributed by atoms with Gasteiger partial charge in [-0.25, -0.2) is 0 Å². The molecule has 0 bridgehead atoms. The first-order valence-corrected chi connectivity index (χ1v) is 11.7. The van der Waals surface area contributed by atoms with Gasteiger partial charge in [0, 0.05) is 16.7 Å². The number of aromatic nitrogens is 5. The lowest BCUT2D eigenvalue weighted by molar-refractivity contribution is 0.232. The maximum atomic E-state index is 6.76. The van der Waals surface area contributed by atoms with E-state index < -0.39 is 6.10 Å². The third-order valence-electron chi connectivity index (χ3n) is 5.89. The average molecular weight is 454 g/mol. The summed E-state index contributed by atoms with van der Waals surface area (Å²) in [6.45, 7) is 4.33. The molecule has 34 heavy (non-hydrogen) atoms. The predicted octanol–water partition coefficient (Wildman–Crippen LogP) is 6.08. The summed E-state index contributed by atoms with van der Waals surface area (Å²) in [5.41, 5.74) is 5.78. The molecule has 0 radical (unpaired) electrons. The van der Waals surface area contributed by atoms with Gasteiger partial charge in [-0.15, -0.1) is 10.2 Å². The molecular formula is C27H27N5O2. The van der Waals surface area contributed by atoms with Crippen LogP contribution in [0.25, 0.3) is 22.2 Å². The van der Waals surface area contributed by atoms with Gasteiger partial charge in [0.05, 0.1) is 5.39 Å². The van der Waals surface area contributed by atoms with Crippen molar-refractivity contribution in [1.82, 2.24) is 25.8 Å². The molecule has 2 aromatic heterocycles. The van der Waals surface area contributed by atoms with Crippen LogP contribution in [0.2, 0.25) is 0 Å². The standard InChI is InChI=1S/C27H27N5O2/c1-3-11-20-17-22-23(18-13-7-5-8-14-18)30-34-26(22)21(12-4-2)24(20)33-25(27-28-31-32-29-27)19-15-9-6-10-16-19/h5-10,13-17,25H,3-4,11-12H2,1-2H3,(H,28,29,31,32). The zero-order valence-electron chi connectivity index (χ0n) is 19.4. The van der Waals surface area contributed by atoms with Crippen molar-refractivity contribution in [3.63, 3.8) is 0 Å². The SMILES string of the molecule is CCCc1cc2c(-c3ccccc3)noc2c(CCC)c1OC(c1ccccc1)c1nn[nH]n1. The molecule has 2 heterocycles. The maximum Gasteiger partial charge on any atom is 0.219 e. The molecule has 172 valence electrons. The molecule has 7 heteroatoms. The van der Waals surface area contributed by atoms with Gasteiger partial charge in [-0.3, -0.25) is 0 Å². The molecule has 0 amide bonds. The van der Waals surface area contributed by atoms with Crippen LogP contribution in [0.1, 0.15) is 55.3 Å². The third-order valence-corrected chi connectivity index (χ3v) is 5.89. The number of rotatable bonds is 9. The summed E-state index contributed by atoms with van der Waals surface area (Å²) in [4.78, 5) is 0. The highest BCUT2D eigenvalue weighted by atomic mass is 16.5. The van der Waals surface area contributed by atoms with E-state index in [2.05, 4.69) is 57.8 Å². The van der Waals surface area contributed by atoms with Crippen molar-refractivity contribution in [3.8, 4) is 17.0 Å². The second kappa shape index (κ2) is 9.87. The number of ether oxygens (including phenoxy) is 1. The lowest BCUT2D eigenvalue weighted by atomic mass is 9.96. The fraction of sp³-hybridized carbons (Fsp3) is 0.259. The molecule has 0 aliphatic heterocycles. The molecule has 1 atom stereocenters. The van der Waals surface area contributed by atoms with Gasteiger partial charge in [-0.05, 0) is 24.5 Å². The monoisotopic (exact) mass is 453 g/mol. The fourth-order valence-corrected chi connectivity index (χ4v) is 4.36. The molecule has 5 rings (SSSR count). The van der Waals surface area contributed by atoms with E-state index in [-0.39, 0.29) is 0 Å². The van der Waals surface area contributed by atoms with Crippen LogP contribution >= 0.6 is 0 Å². The maximum absolute atomic E-state index is 6.76. The van der Waals surface area contributed by atoms with Crippen molar-refractivity contribution >= 4 is 11.0 Å². The minimum Gasteiger partial charge on any atom is -0.477 e. The van der Waals surface area contributed by atoms with E-state index in [0.717, 1.165) is 70.3 Å². The minimum absolute atomic E-state index is 0.485. The third kappa shape index (κ3) is 4.17. The smallest absolute Gasteiger partial charge is 0.219 e. The number of nitrogens with zero attached hydrogens (tertiary/aromatic N) is 4. The molecule has 0 spiro atoms. The predicted molar refractivity (Wildman–Crippen MR) is 131 cm³/mol. The average Bonchev–Trinajstić information content (AvgIpc) is 3.55. The number of tetrazole rings is 1. The Balaban J connectivity index is 1.69. The van der Waals surface area contributed by atoms with E-state index in [1.807, 2.05) is 48.5 Å². The van der Waals surface area contributed by atoms with Crippen molar-refractivity contribution in [1.29, 1.82) is 0 Å². The highest BCUT2D eigenvalue weighted by Gasteiger charge is 2.26.